The largest absolute Gasteiger partial charge is 0.310 e. The van der Waals surface area contributed by atoms with Gasteiger partial charge in [-0.25, -0.2) is 4.39 Å². The second-order valence-corrected chi connectivity index (χ2v) is 5.76. The van der Waals surface area contributed by atoms with Crippen LogP contribution in [0, 0.1) is 5.82 Å². The molecule has 0 fully saturated rings. The zero-order chi connectivity index (χ0) is 15.2. The summed E-state index contributed by atoms with van der Waals surface area (Å²) in [5.74, 6) is -0.232. The molecule has 0 bridgehead atoms. The number of aromatic nitrogens is 1. The number of hydrogen-bond acceptors (Lipinski definition) is 2. The number of nitrogens with one attached hydrogen (secondary N) is 1. The lowest BCUT2D eigenvalue weighted by Crippen LogP contribution is -2.24. The summed E-state index contributed by atoms with van der Waals surface area (Å²) >= 11 is 3.35. The topological polar surface area (TPSA) is 24.9 Å². The van der Waals surface area contributed by atoms with E-state index in [0.717, 1.165) is 30.6 Å². The zero-order valence-electron chi connectivity index (χ0n) is 12.4. The zero-order valence-corrected chi connectivity index (χ0v) is 14.0. The molecule has 1 aromatic heterocycles. The second kappa shape index (κ2) is 7.66. The standard InChI is InChI=1S/C17H20BrFN2/c1-3-12-8-9-13(21-11-12)10-16(20-4-2)14-6-5-7-15(19)17(14)18/h5-9,11,16,20H,3-4,10H2,1-2H3. The molecule has 1 aromatic carbocycles. The van der Waals surface area contributed by atoms with Crippen LogP contribution in [0.5, 0.6) is 0 Å². The van der Waals surface area contributed by atoms with Crippen molar-refractivity contribution in [3.63, 3.8) is 0 Å². The summed E-state index contributed by atoms with van der Waals surface area (Å²) in [5.41, 5.74) is 3.17. The molecule has 0 amide bonds. The molecule has 0 radical (unpaired) electrons. The van der Waals surface area contributed by atoms with Crippen LogP contribution in [0.15, 0.2) is 41.0 Å². The summed E-state index contributed by atoms with van der Waals surface area (Å²) in [6.07, 6.45) is 3.64. The van der Waals surface area contributed by atoms with E-state index in [-0.39, 0.29) is 11.9 Å². The van der Waals surface area contributed by atoms with Crippen LogP contribution in [-0.2, 0) is 12.8 Å². The first-order valence-corrected chi connectivity index (χ1v) is 8.06. The average molecular weight is 351 g/mol. The molecule has 2 aromatic rings. The minimum atomic E-state index is -0.232. The van der Waals surface area contributed by atoms with Crippen molar-refractivity contribution in [1.82, 2.24) is 10.3 Å². The van der Waals surface area contributed by atoms with Gasteiger partial charge < -0.3 is 5.32 Å². The third kappa shape index (κ3) is 4.11. The second-order valence-electron chi connectivity index (χ2n) is 4.97. The average Bonchev–Trinajstić information content (AvgIpc) is 2.50. The summed E-state index contributed by atoms with van der Waals surface area (Å²) in [5, 5.41) is 3.41. The Morgan fingerprint density at radius 3 is 2.67 bits per heavy atom. The quantitative estimate of drug-likeness (QED) is 0.832. The van der Waals surface area contributed by atoms with E-state index in [9.17, 15) is 4.39 Å². The van der Waals surface area contributed by atoms with Crippen molar-refractivity contribution in [3.8, 4) is 0 Å². The smallest absolute Gasteiger partial charge is 0.137 e. The van der Waals surface area contributed by atoms with E-state index in [1.807, 2.05) is 19.2 Å². The lowest BCUT2D eigenvalue weighted by Gasteiger charge is -2.20. The van der Waals surface area contributed by atoms with Crippen molar-refractivity contribution in [1.29, 1.82) is 0 Å². The highest BCUT2D eigenvalue weighted by atomic mass is 79.9. The van der Waals surface area contributed by atoms with Crippen LogP contribution < -0.4 is 5.32 Å². The van der Waals surface area contributed by atoms with Crippen LogP contribution in [0.3, 0.4) is 0 Å². The van der Waals surface area contributed by atoms with Crippen LogP contribution >= 0.6 is 15.9 Å². The van der Waals surface area contributed by atoms with Gasteiger partial charge in [-0.05, 0) is 52.2 Å². The Morgan fingerprint density at radius 2 is 2.05 bits per heavy atom. The number of hydrogen-bond donors (Lipinski definition) is 1. The van der Waals surface area contributed by atoms with Crippen LogP contribution in [0.4, 0.5) is 4.39 Å². The van der Waals surface area contributed by atoms with Crippen LogP contribution in [0.25, 0.3) is 0 Å². The van der Waals surface area contributed by atoms with E-state index in [1.165, 1.54) is 11.6 Å². The summed E-state index contributed by atoms with van der Waals surface area (Å²) in [4.78, 5) is 4.50. The van der Waals surface area contributed by atoms with Gasteiger partial charge in [-0.15, -0.1) is 0 Å². The van der Waals surface area contributed by atoms with Crippen molar-refractivity contribution in [2.24, 2.45) is 0 Å². The van der Waals surface area contributed by atoms with Crippen molar-refractivity contribution in [3.05, 3.63) is 63.6 Å². The third-order valence-electron chi connectivity index (χ3n) is 3.51. The van der Waals surface area contributed by atoms with E-state index >= 15 is 0 Å². The fraction of sp³-hybridized carbons (Fsp3) is 0.353. The van der Waals surface area contributed by atoms with Crippen molar-refractivity contribution >= 4 is 15.9 Å². The molecular weight excluding hydrogens is 331 g/mol. The molecule has 0 aliphatic heterocycles. The van der Waals surface area contributed by atoms with Crippen LogP contribution in [0.2, 0.25) is 0 Å². The Labute approximate surface area is 133 Å². The van der Waals surface area contributed by atoms with Gasteiger partial charge >= 0.3 is 0 Å². The maximum atomic E-state index is 13.7. The van der Waals surface area contributed by atoms with Crippen molar-refractivity contribution in [2.45, 2.75) is 32.7 Å². The molecule has 1 heterocycles. The Morgan fingerprint density at radius 1 is 1.24 bits per heavy atom. The van der Waals surface area contributed by atoms with Crippen molar-refractivity contribution < 1.29 is 4.39 Å². The number of aryl methyl sites for hydroxylation is 1. The summed E-state index contributed by atoms with van der Waals surface area (Å²) in [7, 11) is 0. The summed E-state index contributed by atoms with van der Waals surface area (Å²) in [6.45, 7) is 4.98. The molecule has 2 nitrogen and oxygen atoms in total. The Kier molecular flexibility index (Phi) is 5.88. The monoisotopic (exact) mass is 350 g/mol. The van der Waals surface area contributed by atoms with Gasteiger partial charge in [-0.1, -0.05) is 32.0 Å². The highest BCUT2D eigenvalue weighted by Crippen LogP contribution is 2.28. The normalized spacial score (nSPS) is 12.4. The van der Waals surface area contributed by atoms with Gasteiger partial charge in [-0.2, -0.15) is 0 Å². The van der Waals surface area contributed by atoms with Gasteiger partial charge in [0.2, 0.25) is 0 Å². The molecule has 0 saturated carbocycles. The lowest BCUT2D eigenvalue weighted by molar-refractivity contribution is 0.533. The Bertz CT molecular complexity index is 584. The number of rotatable bonds is 6. The highest BCUT2D eigenvalue weighted by molar-refractivity contribution is 9.10. The molecule has 1 unspecified atom stereocenters. The molecule has 21 heavy (non-hydrogen) atoms. The number of halogens is 2. The van der Waals surface area contributed by atoms with Crippen LogP contribution in [0.1, 0.15) is 36.7 Å². The molecule has 0 saturated heterocycles. The van der Waals surface area contributed by atoms with E-state index < -0.39 is 0 Å². The lowest BCUT2D eigenvalue weighted by atomic mass is 10.0. The van der Waals surface area contributed by atoms with Gasteiger partial charge in [0.15, 0.2) is 0 Å². The van der Waals surface area contributed by atoms with E-state index in [1.54, 1.807) is 6.07 Å². The fourth-order valence-electron chi connectivity index (χ4n) is 2.32. The molecule has 1 N–H and O–H groups in total. The number of likely N-dealkylation sites (N-methyl/N-ethyl adjacent to an activating group) is 1. The maximum Gasteiger partial charge on any atom is 0.137 e. The Balaban J connectivity index is 2.24. The molecule has 4 heteroatoms. The van der Waals surface area contributed by atoms with Gasteiger partial charge in [0.05, 0.1) is 4.47 Å². The predicted molar refractivity (Wildman–Crippen MR) is 87.8 cm³/mol. The molecular formula is C17H20BrFN2. The van der Waals surface area contributed by atoms with E-state index in [4.69, 9.17) is 0 Å². The molecule has 112 valence electrons. The fourth-order valence-corrected chi connectivity index (χ4v) is 2.86. The third-order valence-corrected chi connectivity index (χ3v) is 4.35. The molecule has 0 spiro atoms. The summed E-state index contributed by atoms with van der Waals surface area (Å²) < 4.78 is 14.3. The maximum absolute atomic E-state index is 13.7. The van der Waals surface area contributed by atoms with Gasteiger partial charge in [-0.3, -0.25) is 4.98 Å². The highest BCUT2D eigenvalue weighted by Gasteiger charge is 2.16. The molecule has 0 aliphatic carbocycles. The van der Waals surface area contributed by atoms with Gasteiger partial charge in [0, 0.05) is 24.4 Å². The predicted octanol–water partition coefficient (Wildman–Crippen LogP) is 4.44. The van der Waals surface area contributed by atoms with Gasteiger partial charge in [0.25, 0.3) is 0 Å². The molecule has 1 atom stereocenters. The number of benzene rings is 1. The summed E-state index contributed by atoms with van der Waals surface area (Å²) in [6, 6.07) is 9.35. The van der Waals surface area contributed by atoms with Crippen molar-refractivity contribution in [2.75, 3.05) is 6.54 Å². The first kappa shape index (κ1) is 16.1. The minimum absolute atomic E-state index is 0.0417. The first-order chi connectivity index (χ1) is 10.2. The molecule has 0 aliphatic rings. The molecule has 2 rings (SSSR count). The minimum Gasteiger partial charge on any atom is -0.310 e. The van der Waals surface area contributed by atoms with Crippen LogP contribution in [-0.4, -0.2) is 11.5 Å². The van der Waals surface area contributed by atoms with E-state index in [0.29, 0.717) is 4.47 Å². The van der Waals surface area contributed by atoms with Gasteiger partial charge in [0.1, 0.15) is 5.82 Å². The Hall–Kier alpha value is -1.26. The van der Waals surface area contributed by atoms with E-state index in [2.05, 4.69) is 45.3 Å². The first-order valence-electron chi connectivity index (χ1n) is 7.26. The number of nitrogens with zero attached hydrogens (tertiary/aromatic N) is 1. The SMILES string of the molecule is CCNC(Cc1ccc(CC)cn1)c1cccc(F)c1Br. The number of pyridine rings is 1.